The van der Waals surface area contributed by atoms with E-state index in [1.807, 2.05) is 12.1 Å². The van der Waals surface area contributed by atoms with Crippen LogP contribution in [0.3, 0.4) is 0 Å². The van der Waals surface area contributed by atoms with Crippen LogP contribution < -0.4 is 0 Å². The van der Waals surface area contributed by atoms with Crippen molar-refractivity contribution in [3.8, 4) is 0 Å². The molecule has 0 saturated heterocycles. The van der Waals surface area contributed by atoms with Gasteiger partial charge in [-0.2, -0.15) is 0 Å². The van der Waals surface area contributed by atoms with Gasteiger partial charge in [0.2, 0.25) is 0 Å². The van der Waals surface area contributed by atoms with E-state index < -0.39 is 14.4 Å². The molecule has 0 saturated carbocycles. The molecule has 0 amide bonds. The Morgan fingerprint density at radius 2 is 2.05 bits per heavy atom. The van der Waals surface area contributed by atoms with Gasteiger partial charge in [0, 0.05) is 6.42 Å². The van der Waals surface area contributed by atoms with Crippen LogP contribution in [0.15, 0.2) is 28.9 Å². The van der Waals surface area contributed by atoms with Crippen LogP contribution >= 0.6 is 0 Å². The lowest BCUT2D eigenvalue weighted by Gasteiger charge is -2.35. The van der Waals surface area contributed by atoms with E-state index in [2.05, 4.69) is 33.9 Å². The highest BCUT2D eigenvalue weighted by Gasteiger charge is 2.37. The van der Waals surface area contributed by atoms with Gasteiger partial charge in [0.15, 0.2) is 14.4 Å². The Hall–Kier alpha value is -1.04. The number of ether oxygens (including phenoxy) is 1. The number of rotatable bonds is 4. The molecule has 1 aromatic heterocycles. The molecule has 1 N–H and O–H groups in total. The van der Waals surface area contributed by atoms with E-state index in [-0.39, 0.29) is 11.1 Å². The average molecular weight is 310 g/mol. The van der Waals surface area contributed by atoms with Crippen molar-refractivity contribution in [2.75, 3.05) is 0 Å². The summed E-state index contributed by atoms with van der Waals surface area (Å²) >= 11 is 0. The Bertz CT molecular complexity index is 499. The highest BCUT2D eigenvalue weighted by molar-refractivity contribution is 6.74. The second-order valence-electron chi connectivity index (χ2n) is 7.11. The third-order valence-corrected chi connectivity index (χ3v) is 8.86. The quantitative estimate of drug-likeness (QED) is 0.849. The molecule has 21 heavy (non-hydrogen) atoms. The first-order chi connectivity index (χ1) is 9.69. The lowest BCUT2D eigenvalue weighted by molar-refractivity contribution is 0.0485. The van der Waals surface area contributed by atoms with Crippen molar-refractivity contribution in [3.05, 3.63) is 36.0 Å². The molecule has 1 aromatic rings. The first kappa shape index (κ1) is 16.3. The largest absolute Gasteiger partial charge is 0.490 e. The van der Waals surface area contributed by atoms with Gasteiger partial charge in [0.05, 0.1) is 19.0 Å². The molecule has 2 heterocycles. The Morgan fingerprint density at radius 1 is 1.33 bits per heavy atom. The molecule has 0 radical (unpaired) electrons. The number of hydrogen-bond donors (Lipinski definition) is 1. The van der Waals surface area contributed by atoms with Gasteiger partial charge in [-0.25, -0.2) is 0 Å². The summed E-state index contributed by atoms with van der Waals surface area (Å²) < 4.78 is 17.4. The van der Waals surface area contributed by atoms with Crippen LogP contribution in [-0.2, 0) is 15.8 Å². The molecule has 0 fully saturated rings. The summed E-state index contributed by atoms with van der Waals surface area (Å²) in [5, 5.41) is 9.80. The second kappa shape index (κ2) is 5.99. The molecule has 2 rings (SSSR count). The van der Waals surface area contributed by atoms with Crippen molar-refractivity contribution in [3.63, 3.8) is 0 Å². The van der Waals surface area contributed by atoms with E-state index in [0.29, 0.717) is 13.0 Å². The molecular formula is C16H26O4Si. The molecule has 4 nitrogen and oxygen atoms in total. The third-order valence-electron chi connectivity index (χ3n) is 4.38. The number of aliphatic hydroxyl groups excluding tert-OH is 1. The van der Waals surface area contributed by atoms with Crippen LogP contribution in [0.2, 0.25) is 18.1 Å². The van der Waals surface area contributed by atoms with Crippen molar-refractivity contribution < 1.29 is 18.7 Å². The normalized spacial score (nSPS) is 23.1. The van der Waals surface area contributed by atoms with Gasteiger partial charge in [-0.3, -0.25) is 0 Å². The van der Waals surface area contributed by atoms with Crippen molar-refractivity contribution in [1.29, 1.82) is 0 Å². The predicted molar refractivity (Wildman–Crippen MR) is 84.3 cm³/mol. The first-order valence-electron chi connectivity index (χ1n) is 7.42. The van der Waals surface area contributed by atoms with Crippen LogP contribution in [0.5, 0.6) is 0 Å². The SMILES string of the molecule is CC(C)(C)[Si](C)(C)OCc1ccc(C2CC(O)C=CO2)o1. The van der Waals surface area contributed by atoms with E-state index >= 15 is 0 Å². The monoisotopic (exact) mass is 310 g/mol. The van der Waals surface area contributed by atoms with Gasteiger partial charge in [-0.1, -0.05) is 20.8 Å². The summed E-state index contributed by atoms with van der Waals surface area (Å²) in [6, 6.07) is 3.83. The average Bonchev–Trinajstić information content (AvgIpc) is 2.84. The zero-order valence-electron chi connectivity index (χ0n) is 13.6. The smallest absolute Gasteiger partial charge is 0.192 e. The number of furan rings is 1. The fourth-order valence-electron chi connectivity index (χ4n) is 1.88. The van der Waals surface area contributed by atoms with Crippen LogP contribution in [0.25, 0.3) is 0 Å². The summed E-state index contributed by atoms with van der Waals surface area (Å²) in [6.45, 7) is 11.6. The van der Waals surface area contributed by atoms with Crippen LogP contribution in [-0.4, -0.2) is 19.5 Å². The molecule has 0 bridgehead atoms. The molecule has 1 aliphatic rings. The van der Waals surface area contributed by atoms with Gasteiger partial charge in [0.1, 0.15) is 11.5 Å². The standard InChI is InChI=1S/C16H26O4Si/c1-16(2,3)21(4,5)19-11-13-6-7-14(20-13)15-10-12(17)8-9-18-15/h6-9,12,15,17H,10-11H2,1-5H3. The lowest BCUT2D eigenvalue weighted by Crippen LogP contribution is -2.40. The highest BCUT2D eigenvalue weighted by atomic mass is 28.4. The molecule has 118 valence electrons. The van der Waals surface area contributed by atoms with Gasteiger partial charge >= 0.3 is 0 Å². The van der Waals surface area contributed by atoms with Gasteiger partial charge in [-0.05, 0) is 36.3 Å². The van der Waals surface area contributed by atoms with E-state index in [1.54, 1.807) is 6.08 Å². The van der Waals surface area contributed by atoms with E-state index in [9.17, 15) is 5.11 Å². The maximum atomic E-state index is 9.62. The van der Waals surface area contributed by atoms with Gasteiger partial charge in [-0.15, -0.1) is 0 Å². The highest BCUT2D eigenvalue weighted by Crippen LogP contribution is 2.37. The van der Waals surface area contributed by atoms with Crippen LogP contribution in [0.1, 0.15) is 44.8 Å². The minimum absolute atomic E-state index is 0.184. The molecule has 0 spiro atoms. The topological polar surface area (TPSA) is 51.8 Å². The third kappa shape index (κ3) is 3.99. The van der Waals surface area contributed by atoms with Crippen molar-refractivity contribution >= 4 is 8.32 Å². The van der Waals surface area contributed by atoms with Crippen molar-refractivity contribution in [2.45, 2.75) is 64.1 Å². The zero-order valence-corrected chi connectivity index (χ0v) is 14.6. The summed E-state index contributed by atoms with van der Waals surface area (Å²) in [6.07, 6.45) is 3.01. The second-order valence-corrected chi connectivity index (χ2v) is 11.9. The maximum absolute atomic E-state index is 9.62. The zero-order chi connectivity index (χ0) is 15.7. The van der Waals surface area contributed by atoms with E-state index in [0.717, 1.165) is 11.5 Å². The van der Waals surface area contributed by atoms with E-state index in [1.165, 1.54) is 6.26 Å². The summed E-state index contributed by atoms with van der Waals surface area (Å²) in [4.78, 5) is 0. The first-order valence-corrected chi connectivity index (χ1v) is 10.3. The summed E-state index contributed by atoms with van der Waals surface area (Å²) in [5.41, 5.74) is 0. The Labute approximate surface area is 127 Å². The Balaban J connectivity index is 1.96. The number of hydrogen-bond acceptors (Lipinski definition) is 4. The van der Waals surface area contributed by atoms with Gasteiger partial charge < -0.3 is 18.7 Å². The Kier molecular flexibility index (Phi) is 4.65. The van der Waals surface area contributed by atoms with Crippen LogP contribution in [0.4, 0.5) is 0 Å². The molecule has 1 aliphatic heterocycles. The van der Waals surface area contributed by atoms with Gasteiger partial charge in [0.25, 0.3) is 0 Å². The summed E-state index contributed by atoms with van der Waals surface area (Å²) in [5.74, 6) is 1.55. The van der Waals surface area contributed by atoms with Crippen molar-refractivity contribution in [1.82, 2.24) is 0 Å². The fourth-order valence-corrected chi connectivity index (χ4v) is 2.82. The molecule has 0 aliphatic carbocycles. The minimum atomic E-state index is -1.77. The minimum Gasteiger partial charge on any atom is -0.490 e. The fraction of sp³-hybridized carbons (Fsp3) is 0.625. The predicted octanol–water partition coefficient (Wildman–Crippen LogP) is 4.14. The molecule has 2 unspecified atom stereocenters. The maximum Gasteiger partial charge on any atom is 0.192 e. The summed E-state index contributed by atoms with van der Waals surface area (Å²) in [7, 11) is -1.77. The molecular weight excluding hydrogens is 284 g/mol. The Morgan fingerprint density at radius 3 is 2.67 bits per heavy atom. The lowest BCUT2D eigenvalue weighted by atomic mass is 10.1. The van der Waals surface area contributed by atoms with E-state index in [4.69, 9.17) is 13.6 Å². The number of aliphatic hydroxyl groups is 1. The van der Waals surface area contributed by atoms with Crippen molar-refractivity contribution in [2.24, 2.45) is 0 Å². The molecule has 5 heteroatoms. The van der Waals surface area contributed by atoms with Crippen LogP contribution in [0, 0.1) is 0 Å². The molecule has 2 atom stereocenters. The molecule has 0 aromatic carbocycles.